The van der Waals surface area contributed by atoms with Gasteiger partial charge in [0.2, 0.25) is 5.91 Å². The molecule has 8 heteroatoms. The summed E-state index contributed by atoms with van der Waals surface area (Å²) in [7, 11) is 0. The minimum Gasteiger partial charge on any atom is -0.444 e. The summed E-state index contributed by atoms with van der Waals surface area (Å²) < 4.78 is 5.45. The predicted molar refractivity (Wildman–Crippen MR) is 165 cm³/mol. The molecule has 0 bridgehead atoms. The lowest BCUT2D eigenvalue weighted by atomic mass is 10.00. The van der Waals surface area contributed by atoms with Gasteiger partial charge in [0, 0.05) is 12.2 Å². The molecule has 3 aromatic carbocycles. The lowest BCUT2D eigenvalue weighted by molar-refractivity contribution is -0.140. The van der Waals surface area contributed by atoms with E-state index in [2.05, 4.69) is 10.6 Å². The molecule has 0 saturated carbocycles. The molecular weight excluding hydrogens is 522 g/mol. The number of rotatable bonds is 11. The summed E-state index contributed by atoms with van der Waals surface area (Å²) in [5, 5.41) is 7.91. The summed E-state index contributed by atoms with van der Waals surface area (Å²) >= 11 is 1.59. The molecule has 7 nitrogen and oxygen atoms in total. The number of ether oxygens (including phenoxy) is 1. The average Bonchev–Trinajstić information content (AvgIpc) is 2.89. The lowest BCUT2D eigenvalue weighted by Gasteiger charge is -2.34. The van der Waals surface area contributed by atoms with E-state index in [1.54, 1.807) is 37.4 Å². The maximum atomic E-state index is 14.1. The SMILES string of the molecule is CCCN(C(=O)C(CCSC)NC(=O)OC(C)(C)C)C(C(=O)Nc1ccc2ccccc2c1)c1cccc(C)c1. The van der Waals surface area contributed by atoms with Crippen molar-refractivity contribution in [2.75, 3.05) is 23.9 Å². The van der Waals surface area contributed by atoms with E-state index >= 15 is 0 Å². The fraction of sp³-hybridized carbons (Fsp3) is 0.406. The summed E-state index contributed by atoms with van der Waals surface area (Å²) in [4.78, 5) is 42.4. The molecule has 3 aromatic rings. The number of amides is 3. The number of nitrogens with one attached hydrogen (secondary N) is 2. The molecule has 0 aliphatic carbocycles. The van der Waals surface area contributed by atoms with Crippen molar-refractivity contribution >= 4 is 46.1 Å². The molecule has 0 saturated heterocycles. The van der Waals surface area contributed by atoms with Crippen LogP contribution in [0.3, 0.4) is 0 Å². The largest absolute Gasteiger partial charge is 0.444 e. The van der Waals surface area contributed by atoms with Gasteiger partial charge < -0.3 is 20.3 Å². The van der Waals surface area contributed by atoms with Crippen LogP contribution in [0.2, 0.25) is 0 Å². The van der Waals surface area contributed by atoms with Crippen molar-refractivity contribution in [1.82, 2.24) is 10.2 Å². The van der Waals surface area contributed by atoms with Crippen LogP contribution in [0.5, 0.6) is 0 Å². The Morgan fingerprint density at radius 3 is 2.35 bits per heavy atom. The number of alkyl carbamates (subject to hydrolysis) is 1. The highest BCUT2D eigenvalue weighted by Gasteiger charge is 2.36. The third-order valence-corrected chi connectivity index (χ3v) is 6.93. The van der Waals surface area contributed by atoms with Crippen LogP contribution in [0, 0.1) is 6.92 Å². The molecule has 40 heavy (non-hydrogen) atoms. The standard InChI is InChI=1S/C32H41N3O4S/c1-7-18-35(30(37)27(17-19-40-6)34-31(38)39-32(3,4)5)28(25-14-10-11-22(2)20-25)29(36)33-26-16-15-23-12-8-9-13-24(23)21-26/h8-16,20-21,27-28H,7,17-19H2,1-6H3,(H,33,36)(H,34,38). The van der Waals surface area contributed by atoms with E-state index in [1.807, 2.05) is 86.8 Å². The molecule has 2 N–H and O–H groups in total. The number of benzene rings is 3. The zero-order valence-electron chi connectivity index (χ0n) is 24.3. The van der Waals surface area contributed by atoms with Gasteiger partial charge in [-0.15, -0.1) is 0 Å². The van der Waals surface area contributed by atoms with Gasteiger partial charge in [0.15, 0.2) is 0 Å². The Morgan fingerprint density at radius 2 is 1.70 bits per heavy atom. The van der Waals surface area contributed by atoms with Gasteiger partial charge in [0.05, 0.1) is 0 Å². The van der Waals surface area contributed by atoms with Crippen molar-refractivity contribution in [2.24, 2.45) is 0 Å². The maximum absolute atomic E-state index is 14.1. The summed E-state index contributed by atoms with van der Waals surface area (Å²) in [6, 6.07) is 19.6. The molecule has 214 valence electrons. The van der Waals surface area contributed by atoms with Gasteiger partial charge in [-0.1, -0.05) is 67.1 Å². The second-order valence-electron chi connectivity index (χ2n) is 10.9. The highest BCUT2D eigenvalue weighted by molar-refractivity contribution is 7.98. The normalized spacial score (nSPS) is 12.8. The van der Waals surface area contributed by atoms with E-state index in [0.717, 1.165) is 16.3 Å². The first-order valence-electron chi connectivity index (χ1n) is 13.7. The smallest absolute Gasteiger partial charge is 0.408 e. The van der Waals surface area contributed by atoms with E-state index in [9.17, 15) is 14.4 Å². The first-order chi connectivity index (χ1) is 19.0. The summed E-state index contributed by atoms with van der Waals surface area (Å²) in [6.45, 7) is 9.60. The Hall–Kier alpha value is -3.52. The second-order valence-corrected chi connectivity index (χ2v) is 11.9. The topological polar surface area (TPSA) is 87.7 Å². The van der Waals surface area contributed by atoms with Gasteiger partial charge in [-0.05, 0) is 81.0 Å². The predicted octanol–water partition coefficient (Wildman–Crippen LogP) is 6.71. The fourth-order valence-corrected chi connectivity index (χ4v) is 5.01. The molecule has 0 fully saturated rings. The Bertz CT molecular complexity index is 1320. The van der Waals surface area contributed by atoms with Crippen LogP contribution < -0.4 is 10.6 Å². The summed E-state index contributed by atoms with van der Waals surface area (Å²) in [6.07, 6.45) is 2.34. The molecule has 0 aliphatic heterocycles. The Kier molecular flexibility index (Phi) is 11.0. The Morgan fingerprint density at radius 1 is 0.975 bits per heavy atom. The zero-order chi connectivity index (χ0) is 29.3. The van der Waals surface area contributed by atoms with E-state index in [4.69, 9.17) is 4.74 Å². The van der Waals surface area contributed by atoms with E-state index in [1.165, 1.54) is 0 Å². The molecule has 0 radical (unpaired) electrons. The van der Waals surface area contributed by atoms with Gasteiger partial charge in [-0.3, -0.25) is 9.59 Å². The molecule has 3 amide bonds. The molecular formula is C32H41N3O4S. The van der Waals surface area contributed by atoms with E-state index in [0.29, 0.717) is 36.4 Å². The van der Waals surface area contributed by atoms with Crippen LogP contribution in [0.4, 0.5) is 10.5 Å². The van der Waals surface area contributed by atoms with Crippen LogP contribution >= 0.6 is 11.8 Å². The van der Waals surface area contributed by atoms with Crippen molar-refractivity contribution in [3.8, 4) is 0 Å². The van der Waals surface area contributed by atoms with Crippen molar-refractivity contribution in [3.63, 3.8) is 0 Å². The number of hydrogen-bond acceptors (Lipinski definition) is 5. The monoisotopic (exact) mass is 563 g/mol. The third-order valence-electron chi connectivity index (χ3n) is 6.28. The number of carbonyl (C=O) groups excluding carboxylic acids is 3. The third kappa shape index (κ3) is 8.74. The van der Waals surface area contributed by atoms with E-state index < -0.39 is 23.8 Å². The second kappa shape index (κ2) is 14.2. The van der Waals surface area contributed by atoms with Gasteiger partial charge in [0.1, 0.15) is 17.7 Å². The van der Waals surface area contributed by atoms with Gasteiger partial charge >= 0.3 is 6.09 Å². The van der Waals surface area contributed by atoms with Crippen LogP contribution in [0.1, 0.15) is 57.7 Å². The molecule has 0 aromatic heterocycles. The average molecular weight is 564 g/mol. The molecule has 0 heterocycles. The van der Waals surface area contributed by atoms with Crippen molar-refractivity contribution in [3.05, 3.63) is 77.9 Å². The quantitative estimate of drug-likeness (QED) is 0.271. The Balaban J connectivity index is 1.98. The van der Waals surface area contributed by atoms with Crippen molar-refractivity contribution in [1.29, 1.82) is 0 Å². The van der Waals surface area contributed by atoms with Gasteiger partial charge in [-0.2, -0.15) is 11.8 Å². The van der Waals surface area contributed by atoms with Crippen LogP contribution in [-0.2, 0) is 14.3 Å². The lowest BCUT2D eigenvalue weighted by Crippen LogP contribution is -2.52. The molecule has 0 spiro atoms. The number of aryl methyl sites for hydroxylation is 1. The molecule has 3 rings (SSSR count). The minimum absolute atomic E-state index is 0.316. The summed E-state index contributed by atoms with van der Waals surface area (Å²) in [5.41, 5.74) is 1.64. The number of fused-ring (bicyclic) bond motifs is 1. The highest BCUT2D eigenvalue weighted by Crippen LogP contribution is 2.27. The van der Waals surface area contributed by atoms with Gasteiger partial charge in [0.25, 0.3) is 5.91 Å². The molecule has 2 atom stereocenters. The Labute approximate surface area is 242 Å². The first-order valence-corrected chi connectivity index (χ1v) is 15.1. The summed E-state index contributed by atoms with van der Waals surface area (Å²) in [5.74, 6) is 0.0235. The number of nitrogens with zero attached hydrogens (tertiary/aromatic N) is 1. The number of thioether (sulfide) groups is 1. The van der Waals surface area contributed by atoms with Gasteiger partial charge in [-0.25, -0.2) is 4.79 Å². The van der Waals surface area contributed by atoms with Crippen LogP contribution in [0.25, 0.3) is 10.8 Å². The zero-order valence-corrected chi connectivity index (χ0v) is 25.1. The first kappa shape index (κ1) is 31.0. The molecule has 0 aliphatic rings. The van der Waals surface area contributed by atoms with Crippen molar-refractivity contribution < 1.29 is 19.1 Å². The maximum Gasteiger partial charge on any atom is 0.408 e. The number of carbonyl (C=O) groups is 3. The molecule has 2 unspecified atom stereocenters. The highest BCUT2D eigenvalue weighted by atomic mass is 32.2. The minimum atomic E-state index is -0.893. The fourth-order valence-electron chi connectivity index (χ4n) is 4.54. The van der Waals surface area contributed by atoms with Crippen molar-refractivity contribution in [2.45, 2.75) is 65.1 Å². The van der Waals surface area contributed by atoms with Crippen LogP contribution in [0.15, 0.2) is 66.7 Å². The van der Waals surface area contributed by atoms with E-state index in [-0.39, 0.29) is 11.8 Å². The number of anilines is 1. The van der Waals surface area contributed by atoms with Crippen LogP contribution in [-0.4, -0.2) is 53.0 Å². The number of hydrogen-bond donors (Lipinski definition) is 2.